The van der Waals surface area contributed by atoms with Gasteiger partial charge in [-0.1, -0.05) is 26.2 Å². The zero-order valence-electron chi connectivity index (χ0n) is 11.2. The third kappa shape index (κ3) is 4.80. The fourth-order valence-electron chi connectivity index (χ4n) is 1.88. The Morgan fingerprint density at radius 2 is 1.94 bits per heavy atom. The Morgan fingerprint density at radius 3 is 2.53 bits per heavy atom. The molecule has 3 nitrogen and oxygen atoms in total. The minimum Gasteiger partial charge on any atom is -0.315 e. The Hall–Kier alpha value is -0.350. The molecular weight excluding hydrogens is 278 g/mol. The number of hydrogen-bond donors (Lipinski definition) is 1. The van der Waals surface area contributed by atoms with Gasteiger partial charge in [-0.3, -0.25) is 4.68 Å². The minimum absolute atomic E-state index is 0.950. The lowest BCUT2D eigenvalue weighted by atomic mass is 10.2. The van der Waals surface area contributed by atoms with Crippen LogP contribution in [0.2, 0.25) is 0 Å². The van der Waals surface area contributed by atoms with E-state index >= 15 is 0 Å². The number of halogens is 1. The molecule has 0 aliphatic rings. The first-order chi connectivity index (χ1) is 8.16. The molecule has 1 N–H and O–H groups in total. The molecule has 0 unspecified atom stereocenters. The first-order valence-corrected chi connectivity index (χ1v) is 7.36. The first-order valence-electron chi connectivity index (χ1n) is 6.57. The molecule has 0 aliphatic carbocycles. The van der Waals surface area contributed by atoms with Gasteiger partial charge in [0.05, 0.1) is 16.7 Å². The largest absolute Gasteiger partial charge is 0.315 e. The molecule has 1 aromatic rings. The van der Waals surface area contributed by atoms with Gasteiger partial charge in [0.15, 0.2) is 0 Å². The highest BCUT2D eigenvalue weighted by Gasteiger charge is 2.07. The third-order valence-corrected chi connectivity index (χ3v) is 4.15. The van der Waals surface area contributed by atoms with Crippen molar-refractivity contribution in [3.05, 3.63) is 15.9 Å². The van der Waals surface area contributed by atoms with Crippen molar-refractivity contribution in [3.8, 4) is 0 Å². The van der Waals surface area contributed by atoms with Gasteiger partial charge in [0, 0.05) is 12.2 Å². The van der Waals surface area contributed by atoms with Crippen LogP contribution in [0.25, 0.3) is 0 Å². The molecule has 4 heteroatoms. The van der Waals surface area contributed by atoms with Gasteiger partial charge in [-0.05, 0) is 42.7 Å². The number of nitrogens with zero attached hydrogens (tertiary/aromatic N) is 2. The number of aryl methyl sites for hydroxylation is 1. The standard InChI is InChI=1S/C13H24BrN3/c1-4-5-6-7-8-15-9-10-17-12(3)13(14)11(2)16-17/h15H,4-10H2,1-3H3. The Balaban J connectivity index is 2.16. The topological polar surface area (TPSA) is 29.9 Å². The lowest BCUT2D eigenvalue weighted by Gasteiger charge is -2.06. The molecule has 0 fully saturated rings. The molecule has 98 valence electrons. The van der Waals surface area contributed by atoms with Crippen LogP contribution >= 0.6 is 15.9 Å². The Kier molecular flexibility index (Phi) is 6.82. The molecule has 0 atom stereocenters. The summed E-state index contributed by atoms with van der Waals surface area (Å²) in [5.74, 6) is 0. The molecule has 1 aromatic heterocycles. The summed E-state index contributed by atoms with van der Waals surface area (Å²) in [5.41, 5.74) is 2.29. The predicted octanol–water partition coefficient (Wildman–Crippen LogP) is 3.43. The Bertz CT molecular complexity index is 334. The van der Waals surface area contributed by atoms with Crippen LogP contribution in [0.1, 0.15) is 44.0 Å². The zero-order valence-corrected chi connectivity index (χ0v) is 12.8. The molecule has 0 saturated carbocycles. The van der Waals surface area contributed by atoms with Crippen molar-refractivity contribution in [2.45, 2.75) is 53.0 Å². The van der Waals surface area contributed by atoms with Crippen LogP contribution in [0.4, 0.5) is 0 Å². The molecule has 0 radical (unpaired) electrons. The van der Waals surface area contributed by atoms with Crippen LogP contribution in [0.5, 0.6) is 0 Å². The lowest BCUT2D eigenvalue weighted by molar-refractivity contribution is 0.526. The van der Waals surface area contributed by atoms with Crippen molar-refractivity contribution < 1.29 is 0 Å². The molecule has 0 saturated heterocycles. The summed E-state index contributed by atoms with van der Waals surface area (Å²) in [7, 11) is 0. The summed E-state index contributed by atoms with van der Waals surface area (Å²) in [6.07, 6.45) is 5.29. The van der Waals surface area contributed by atoms with Gasteiger partial charge in [0.2, 0.25) is 0 Å². The second-order valence-electron chi connectivity index (χ2n) is 4.52. The van der Waals surface area contributed by atoms with E-state index in [1.54, 1.807) is 0 Å². The summed E-state index contributed by atoms with van der Waals surface area (Å²) in [6.45, 7) is 9.46. The van der Waals surface area contributed by atoms with E-state index in [4.69, 9.17) is 0 Å². The van der Waals surface area contributed by atoms with Gasteiger partial charge < -0.3 is 5.32 Å². The summed E-state index contributed by atoms with van der Waals surface area (Å²) in [6, 6.07) is 0. The van der Waals surface area contributed by atoms with Crippen LogP contribution in [-0.4, -0.2) is 22.9 Å². The predicted molar refractivity (Wildman–Crippen MR) is 76.4 cm³/mol. The average molecular weight is 302 g/mol. The van der Waals surface area contributed by atoms with Gasteiger partial charge in [0.1, 0.15) is 0 Å². The first kappa shape index (κ1) is 14.7. The maximum atomic E-state index is 4.49. The van der Waals surface area contributed by atoms with E-state index in [2.05, 4.69) is 44.9 Å². The van der Waals surface area contributed by atoms with Gasteiger partial charge in [-0.2, -0.15) is 5.10 Å². The van der Waals surface area contributed by atoms with Crippen LogP contribution in [-0.2, 0) is 6.54 Å². The van der Waals surface area contributed by atoms with Gasteiger partial charge >= 0.3 is 0 Å². The van der Waals surface area contributed by atoms with E-state index < -0.39 is 0 Å². The fraction of sp³-hybridized carbons (Fsp3) is 0.769. The highest BCUT2D eigenvalue weighted by Crippen LogP contribution is 2.19. The van der Waals surface area contributed by atoms with E-state index in [9.17, 15) is 0 Å². The monoisotopic (exact) mass is 301 g/mol. The Labute approximate surface area is 113 Å². The van der Waals surface area contributed by atoms with E-state index in [1.807, 2.05) is 6.92 Å². The molecule has 0 spiro atoms. The molecule has 1 rings (SSSR count). The van der Waals surface area contributed by atoms with Crippen molar-refractivity contribution in [2.24, 2.45) is 0 Å². The van der Waals surface area contributed by atoms with Crippen molar-refractivity contribution in [1.82, 2.24) is 15.1 Å². The summed E-state index contributed by atoms with van der Waals surface area (Å²) < 4.78 is 3.21. The van der Waals surface area contributed by atoms with Crippen LogP contribution in [0, 0.1) is 13.8 Å². The van der Waals surface area contributed by atoms with E-state index in [-0.39, 0.29) is 0 Å². The molecule has 0 aliphatic heterocycles. The SMILES string of the molecule is CCCCCCNCCn1nc(C)c(Br)c1C. The van der Waals surface area contributed by atoms with Gasteiger partial charge in [-0.15, -0.1) is 0 Å². The maximum Gasteiger partial charge on any atom is 0.0738 e. The smallest absolute Gasteiger partial charge is 0.0738 e. The highest BCUT2D eigenvalue weighted by molar-refractivity contribution is 9.10. The molecular formula is C13H24BrN3. The van der Waals surface area contributed by atoms with Crippen LogP contribution in [0.15, 0.2) is 4.47 Å². The van der Waals surface area contributed by atoms with E-state index in [0.29, 0.717) is 0 Å². The molecule has 17 heavy (non-hydrogen) atoms. The number of unbranched alkanes of at least 4 members (excludes halogenated alkanes) is 3. The summed E-state index contributed by atoms with van der Waals surface area (Å²) in [4.78, 5) is 0. The summed E-state index contributed by atoms with van der Waals surface area (Å²) in [5, 5.41) is 7.96. The Morgan fingerprint density at radius 1 is 1.18 bits per heavy atom. The molecule has 1 heterocycles. The van der Waals surface area contributed by atoms with Gasteiger partial charge in [0.25, 0.3) is 0 Å². The van der Waals surface area contributed by atoms with Crippen LogP contribution in [0.3, 0.4) is 0 Å². The quantitative estimate of drug-likeness (QED) is 0.746. The number of rotatable bonds is 8. The molecule has 0 amide bonds. The van der Waals surface area contributed by atoms with Crippen molar-refractivity contribution in [3.63, 3.8) is 0 Å². The van der Waals surface area contributed by atoms with Gasteiger partial charge in [-0.25, -0.2) is 0 Å². The fourth-order valence-corrected chi connectivity index (χ4v) is 2.16. The second-order valence-corrected chi connectivity index (χ2v) is 5.31. The minimum atomic E-state index is 0.950. The normalized spacial score (nSPS) is 11.1. The average Bonchev–Trinajstić information content (AvgIpc) is 2.56. The van der Waals surface area contributed by atoms with Crippen LogP contribution < -0.4 is 5.32 Å². The second kappa shape index (κ2) is 7.88. The zero-order chi connectivity index (χ0) is 12.7. The summed E-state index contributed by atoms with van der Waals surface area (Å²) >= 11 is 3.55. The van der Waals surface area contributed by atoms with Crippen molar-refractivity contribution >= 4 is 15.9 Å². The third-order valence-electron chi connectivity index (χ3n) is 3.00. The number of nitrogens with one attached hydrogen (secondary N) is 1. The van der Waals surface area contributed by atoms with E-state index in [0.717, 1.165) is 29.8 Å². The highest BCUT2D eigenvalue weighted by atomic mass is 79.9. The number of aromatic nitrogens is 2. The molecule has 0 bridgehead atoms. The number of hydrogen-bond acceptors (Lipinski definition) is 2. The van der Waals surface area contributed by atoms with Crippen molar-refractivity contribution in [2.75, 3.05) is 13.1 Å². The lowest BCUT2D eigenvalue weighted by Crippen LogP contribution is -2.22. The maximum absolute atomic E-state index is 4.49. The van der Waals surface area contributed by atoms with Crippen molar-refractivity contribution in [1.29, 1.82) is 0 Å². The molecule has 0 aromatic carbocycles. The van der Waals surface area contributed by atoms with E-state index in [1.165, 1.54) is 31.4 Å².